The molecule has 0 aliphatic carbocycles. The Morgan fingerprint density at radius 2 is 1.34 bits per heavy atom. The first kappa shape index (κ1) is 67.3. The molecule has 0 radical (unpaired) electrons. The van der Waals surface area contributed by atoms with E-state index in [-0.39, 0.29) is 80.0 Å². The zero-order valence-electron chi connectivity index (χ0n) is 51.0. The van der Waals surface area contributed by atoms with Gasteiger partial charge in [-0.05, 0) is 91.7 Å². The van der Waals surface area contributed by atoms with Crippen LogP contribution >= 0.6 is 0 Å². The number of nitrogens with two attached hydrogens (primary N) is 1. The largest absolute Gasteiger partial charge is 0.451 e. The predicted octanol–water partition coefficient (Wildman–Crippen LogP) is 5.32. The number of ether oxygens (including phenoxy) is 5. The van der Waals surface area contributed by atoms with E-state index >= 15 is 0 Å². The van der Waals surface area contributed by atoms with E-state index < -0.39 is 41.9 Å². The molecular weight excluding hydrogens is 1130 g/mol. The Kier molecular flexibility index (Phi) is 26.3. The number of primary amides is 1. The highest BCUT2D eigenvalue weighted by molar-refractivity contribution is 6.11. The minimum atomic E-state index is -1.03. The van der Waals surface area contributed by atoms with Crippen molar-refractivity contribution in [3.63, 3.8) is 0 Å². The average Bonchev–Trinajstić information content (AvgIpc) is 1.66. The number of piperazine rings is 1. The summed E-state index contributed by atoms with van der Waals surface area (Å²) in [6.45, 7) is 14.5. The third kappa shape index (κ3) is 19.9. The SMILES string of the molecule is CCC(=O)NCCOCCOCCOCCOCCC(=O)NCCN[C@@H](C(=O)N[C@H](CCCNC(N)=O)C(=O)Nc1ccc(C(=O)Nc2ccc3oc(C(=O)N4CC(CC)c5c4cc(OC(=O)N4CCN(C)CC4)c4ccccc54)cc3c2)cc1)C(C)C. The second kappa shape index (κ2) is 34.4. The standard InChI is InChI=1S/C63H85N11O14/c1-6-42-40-74(50-39-52(47-11-8-9-12-48(47)56(42)50)88-63(82)73-27-25-72(5)26-28-73)61(80)53-38-44-37-46(18-19-51(44)87-53)70-58(77)43-14-16-45(17-15-43)69-59(78)49(13-10-21-68-62(64)81)71-60(79)57(41(3)4)67-23-22-65-55(76)20-29-83-31-33-85-35-36-86-34-32-84-30-24-66-54(75)7-2/h8-9,11-12,14-19,37-39,41-42,49,57,67H,6-7,10,13,20-36,40H2,1-5H3,(H,65,76)(H,66,75)(H,69,78)(H,70,77)(H,71,79)(H3,64,68,81)/t42?,49-,57-/m1/s1. The van der Waals surface area contributed by atoms with Gasteiger partial charge in [-0.25, -0.2) is 9.59 Å². The Labute approximate surface area is 512 Å². The van der Waals surface area contributed by atoms with Gasteiger partial charge in [0.1, 0.15) is 17.4 Å². The van der Waals surface area contributed by atoms with Crippen LogP contribution in [0.3, 0.4) is 0 Å². The van der Waals surface area contributed by atoms with E-state index in [1.165, 1.54) is 0 Å². The van der Waals surface area contributed by atoms with E-state index in [9.17, 15) is 38.4 Å². The number of nitrogens with zero attached hydrogens (tertiary/aromatic N) is 3. The van der Waals surface area contributed by atoms with E-state index in [1.54, 1.807) is 71.3 Å². The van der Waals surface area contributed by atoms with Gasteiger partial charge in [-0.3, -0.25) is 28.8 Å². The molecule has 2 aliphatic heterocycles. The van der Waals surface area contributed by atoms with Gasteiger partial charge in [0.15, 0.2) is 5.76 Å². The number of hydrogen-bond donors (Lipinski definition) is 8. The Bertz CT molecular complexity index is 3170. The molecule has 476 valence electrons. The second-order valence-electron chi connectivity index (χ2n) is 21.8. The van der Waals surface area contributed by atoms with Crippen molar-refractivity contribution < 1.29 is 66.5 Å². The van der Waals surface area contributed by atoms with Crippen LogP contribution in [0, 0.1) is 5.92 Å². The van der Waals surface area contributed by atoms with Crippen molar-refractivity contribution in [1.82, 2.24) is 36.4 Å². The lowest BCUT2D eigenvalue weighted by molar-refractivity contribution is -0.128. The van der Waals surface area contributed by atoms with Crippen molar-refractivity contribution in [3.8, 4) is 5.75 Å². The summed E-state index contributed by atoms with van der Waals surface area (Å²) in [5.41, 5.74) is 8.44. The van der Waals surface area contributed by atoms with Gasteiger partial charge >= 0.3 is 12.1 Å². The number of fused-ring (bicyclic) bond motifs is 4. The normalized spacial score (nSPS) is 14.7. The lowest BCUT2D eigenvalue weighted by Gasteiger charge is -2.31. The summed E-state index contributed by atoms with van der Waals surface area (Å²) in [6, 6.07) is 20.0. The van der Waals surface area contributed by atoms with Gasteiger partial charge in [0, 0.05) is 111 Å². The number of furan rings is 1. The van der Waals surface area contributed by atoms with Gasteiger partial charge < -0.3 is 85.8 Å². The minimum absolute atomic E-state index is 0.0167. The third-order valence-electron chi connectivity index (χ3n) is 15.1. The van der Waals surface area contributed by atoms with E-state index in [4.69, 9.17) is 33.8 Å². The highest BCUT2D eigenvalue weighted by Crippen LogP contribution is 2.47. The van der Waals surface area contributed by atoms with Gasteiger partial charge in [-0.15, -0.1) is 0 Å². The Morgan fingerprint density at radius 1 is 0.682 bits per heavy atom. The van der Waals surface area contributed by atoms with Crippen molar-refractivity contribution in [2.24, 2.45) is 11.7 Å². The highest BCUT2D eigenvalue weighted by atomic mass is 16.6. The van der Waals surface area contributed by atoms with E-state index in [2.05, 4.69) is 49.0 Å². The minimum Gasteiger partial charge on any atom is -0.451 e. The predicted molar refractivity (Wildman–Crippen MR) is 333 cm³/mol. The first-order chi connectivity index (χ1) is 42.5. The Hall–Kier alpha value is -8.20. The van der Waals surface area contributed by atoms with Gasteiger partial charge in [-0.2, -0.15) is 0 Å². The number of anilines is 3. The number of nitrogens with one attached hydrogen (secondary N) is 7. The van der Waals surface area contributed by atoms with Crippen LogP contribution in [0.1, 0.15) is 92.2 Å². The van der Waals surface area contributed by atoms with Crippen molar-refractivity contribution in [2.45, 2.75) is 77.8 Å². The number of carbonyl (C=O) groups excluding carboxylic acids is 8. The molecule has 25 heteroatoms. The van der Waals surface area contributed by atoms with Crippen LogP contribution in [0.2, 0.25) is 0 Å². The summed E-state index contributed by atoms with van der Waals surface area (Å²) in [5, 5.41) is 22.1. The molecule has 3 heterocycles. The summed E-state index contributed by atoms with van der Waals surface area (Å²) in [4.78, 5) is 110. The summed E-state index contributed by atoms with van der Waals surface area (Å²) >= 11 is 0. The molecule has 3 atom stereocenters. The fourth-order valence-electron chi connectivity index (χ4n) is 10.2. The summed E-state index contributed by atoms with van der Waals surface area (Å²) in [5.74, 6) is -1.72. The molecule has 4 aromatic carbocycles. The fraction of sp³-hybridized carbons (Fsp3) is 0.492. The Balaban J connectivity index is 0.865. The van der Waals surface area contributed by atoms with Gasteiger partial charge in [-0.1, -0.05) is 52.0 Å². The summed E-state index contributed by atoms with van der Waals surface area (Å²) in [7, 11) is 2.02. The lowest BCUT2D eigenvalue weighted by atomic mass is 9.93. The number of amides is 9. The van der Waals surface area contributed by atoms with Crippen LogP contribution in [-0.4, -0.2) is 188 Å². The van der Waals surface area contributed by atoms with Crippen LogP contribution in [0.15, 0.2) is 83.3 Å². The quantitative estimate of drug-likeness (QED) is 0.0242. The Morgan fingerprint density at radius 3 is 2.01 bits per heavy atom. The zero-order valence-corrected chi connectivity index (χ0v) is 51.0. The maximum absolute atomic E-state index is 14.5. The van der Waals surface area contributed by atoms with Crippen molar-refractivity contribution in [1.29, 1.82) is 0 Å². The number of urea groups is 1. The number of hydrogen-bond acceptors (Lipinski definition) is 16. The molecule has 2 aliphatic rings. The lowest BCUT2D eigenvalue weighted by Crippen LogP contribution is -2.54. The van der Waals surface area contributed by atoms with E-state index in [0.29, 0.717) is 119 Å². The molecule has 1 saturated heterocycles. The summed E-state index contributed by atoms with van der Waals surface area (Å²) in [6.07, 6.45) is 1.36. The number of benzene rings is 4. The molecule has 1 unspecified atom stereocenters. The van der Waals surface area contributed by atoms with Crippen LogP contribution < -0.4 is 52.6 Å². The molecule has 0 bridgehead atoms. The van der Waals surface area contributed by atoms with E-state index in [1.807, 2.05) is 45.2 Å². The number of carbonyl (C=O) groups is 8. The second-order valence-corrected chi connectivity index (χ2v) is 21.8. The highest BCUT2D eigenvalue weighted by Gasteiger charge is 2.37. The molecule has 9 N–H and O–H groups in total. The van der Waals surface area contributed by atoms with Crippen molar-refractivity contribution in [2.75, 3.05) is 134 Å². The zero-order chi connectivity index (χ0) is 63.0. The monoisotopic (exact) mass is 1220 g/mol. The molecule has 5 aromatic rings. The number of likely N-dealkylation sites (N-methyl/N-ethyl adjacent to an activating group) is 1. The maximum Gasteiger partial charge on any atom is 0.415 e. The van der Waals surface area contributed by atoms with Crippen molar-refractivity contribution in [3.05, 3.63) is 95.7 Å². The first-order valence-electron chi connectivity index (χ1n) is 30.2. The molecular formula is C63H85N11O14. The first-order valence-corrected chi connectivity index (χ1v) is 30.2. The molecule has 1 aromatic heterocycles. The fourth-order valence-corrected chi connectivity index (χ4v) is 10.2. The van der Waals surface area contributed by atoms with Gasteiger partial charge in [0.05, 0.1) is 64.6 Å². The summed E-state index contributed by atoms with van der Waals surface area (Å²) < 4.78 is 34.1. The van der Waals surface area contributed by atoms with Crippen LogP contribution in [0.5, 0.6) is 5.75 Å². The topological polar surface area (TPSA) is 316 Å². The smallest absolute Gasteiger partial charge is 0.415 e. The van der Waals surface area contributed by atoms with E-state index in [0.717, 1.165) is 35.8 Å². The van der Waals surface area contributed by atoms with Gasteiger partial charge in [0.25, 0.3) is 11.8 Å². The van der Waals surface area contributed by atoms with Crippen LogP contribution in [-0.2, 0) is 38.1 Å². The molecule has 25 nitrogen and oxygen atoms in total. The molecule has 9 amide bonds. The molecule has 88 heavy (non-hydrogen) atoms. The maximum atomic E-state index is 14.5. The molecule has 0 spiro atoms. The van der Waals surface area contributed by atoms with Crippen LogP contribution in [0.4, 0.5) is 26.7 Å². The molecule has 0 saturated carbocycles. The number of rotatable bonds is 34. The van der Waals surface area contributed by atoms with Crippen LogP contribution in [0.25, 0.3) is 21.7 Å². The molecule has 7 rings (SSSR count). The average molecular weight is 1220 g/mol. The third-order valence-corrected chi connectivity index (χ3v) is 15.1. The van der Waals surface area contributed by atoms with Gasteiger partial charge in [0.2, 0.25) is 23.6 Å². The van der Waals surface area contributed by atoms with Crippen molar-refractivity contribution >= 4 is 86.4 Å². The molecule has 1 fully saturated rings.